The maximum absolute atomic E-state index is 13.2. The fourth-order valence-corrected chi connectivity index (χ4v) is 2.22. The molecule has 8 heteroatoms. The van der Waals surface area contributed by atoms with Crippen molar-refractivity contribution >= 4 is 14.0 Å². The van der Waals surface area contributed by atoms with Gasteiger partial charge in [-0.2, -0.15) is 0 Å². The van der Waals surface area contributed by atoms with Crippen molar-refractivity contribution in [3.05, 3.63) is 65.7 Å². The molecule has 6 nitrogen and oxygen atoms in total. The summed E-state index contributed by atoms with van der Waals surface area (Å²) in [7, 11) is -1.00. The summed E-state index contributed by atoms with van der Waals surface area (Å²) in [6.07, 6.45) is 4.25. The number of halogens is 1. The van der Waals surface area contributed by atoms with Gasteiger partial charge in [-0.1, -0.05) is 0 Å². The Labute approximate surface area is 141 Å². The molecule has 0 fully saturated rings. The highest BCUT2D eigenvalue weighted by atomic mass is 31.1. The molecule has 0 bridgehead atoms. The standard InChI is InChI=1S/C16H19FN3O3P/c1-11(2)20(3)16-15(12-4-6-13(17)7-5-12)18-10-14(19-16)8-9-23-24(21)22/h4-11,18-19H,1-3H3/b9-8+. The monoisotopic (exact) mass is 351 g/mol. The van der Waals surface area contributed by atoms with E-state index in [9.17, 15) is 13.8 Å². The average Bonchev–Trinajstić information content (AvgIpc) is 2.54. The minimum atomic E-state index is -2.93. The van der Waals surface area contributed by atoms with E-state index < -0.39 is 8.25 Å². The second-order valence-corrected chi connectivity index (χ2v) is 6.09. The zero-order chi connectivity index (χ0) is 17.7. The molecule has 0 saturated heterocycles. The molecular formula is C16H19FN3O3P. The molecule has 2 rings (SSSR count). The van der Waals surface area contributed by atoms with Crippen molar-refractivity contribution in [1.82, 2.24) is 15.5 Å². The highest BCUT2D eigenvalue weighted by molar-refractivity contribution is 7.30. The Bertz CT molecular complexity index is 699. The third kappa shape index (κ3) is 4.57. The van der Waals surface area contributed by atoms with Gasteiger partial charge < -0.3 is 20.4 Å². The van der Waals surface area contributed by atoms with Gasteiger partial charge in [0.05, 0.1) is 11.4 Å². The van der Waals surface area contributed by atoms with E-state index in [0.717, 1.165) is 23.3 Å². The number of allylic oxidation sites excluding steroid dienone is 1. The predicted octanol–water partition coefficient (Wildman–Crippen LogP) is 2.37. The van der Waals surface area contributed by atoms with Crippen LogP contribution in [0.2, 0.25) is 0 Å². The van der Waals surface area contributed by atoms with E-state index in [4.69, 9.17) is 0 Å². The summed E-state index contributed by atoms with van der Waals surface area (Å²) in [4.78, 5) is 12.4. The molecule has 1 aliphatic rings. The van der Waals surface area contributed by atoms with Crippen LogP contribution < -0.4 is 15.5 Å². The molecule has 1 aromatic rings. The van der Waals surface area contributed by atoms with E-state index in [2.05, 4.69) is 15.2 Å². The number of hydrogen-bond acceptors (Lipinski definition) is 6. The number of nitrogens with zero attached hydrogens (tertiary/aromatic N) is 1. The molecule has 24 heavy (non-hydrogen) atoms. The van der Waals surface area contributed by atoms with Crippen molar-refractivity contribution in [3.8, 4) is 0 Å². The summed E-state index contributed by atoms with van der Waals surface area (Å²) in [5.74, 6) is 0.482. The van der Waals surface area contributed by atoms with Crippen LogP contribution in [0.25, 0.3) is 5.70 Å². The number of nitrogens with one attached hydrogen (secondary N) is 2. The van der Waals surface area contributed by atoms with Gasteiger partial charge >= 0.3 is 8.25 Å². The van der Waals surface area contributed by atoms with Crippen molar-refractivity contribution in [2.45, 2.75) is 19.9 Å². The summed E-state index contributed by atoms with van der Waals surface area (Å²) in [5, 5.41) is 6.38. The lowest BCUT2D eigenvalue weighted by Gasteiger charge is -2.32. The molecule has 1 heterocycles. The molecule has 1 atom stereocenters. The number of rotatable bonds is 6. The molecule has 0 amide bonds. The first-order valence-electron chi connectivity index (χ1n) is 7.33. The van der Waals surface area contributed by atoms with Gasteiger partial charge in [-0.15, -0.1) is 0 Å². The number of benzene rings is 1. The third-order valence-corrected chi connectivity index (χ3v) is 3.82. The summed E-state index contributed by atoms with van der Waals surface area (Å²) in [6, 6.07) is 6.38. The highest BCUT2D eigenvalue weighted by Gasteiger charge is 2.19. The van der Waals surface area contributed by atoms with E-state index in [0.29, 0.717) is 5.70 Å². The SMILES string of the molecule is CC(C)N(C)C1=C(c2ccc(F)cc2)NC=C(/C=C/O[P+](=O)[O-])N1. The smallest absolute Gasteiger partial charge is 0.538 e. The van der Waals surface area contributed by atoms with Gasteiger partial charge in [-0.3, -0.25) is 4.52 Å². The summed E-state index contributed by atoms with van der Waals surface area (Å²) in [6.45, 7) is 4.08. The normalized spacial score (nSPS) is 15.1. The van der Waals surface area contributed by atoms with Crippen LogP contribution in [0.4, 0.5) is 4.39 Å². The Balaban J connectivity index is 2.29. The zero-order valence-corrected chi connectivity index (χ0v) is 14.5. The highest BCUT2D eigenvalue weighted by Crippen LogP contribution is 2.23. The maximum atomic E-state index is 13.2. The molecule has 0 radical (unpaired) electrons. The summed E-state index contributed by atoms with van der Waals surface area (Å²) >= 11 is 0. The second-order valence-electron chi connectivity index (χ2n) is 5.44. The quantitative estimate of drug-likeness (QED) is 0.605. The Morgan fingerprint density at radius 2 is 2.00 bits per heavy atom. The molecule has 0 spiro atoms. The van der Waals surface area contributed by atoms with Gasteiger partial charge in [0.15, 0.2) is 6.26 Å². The predicted molar refractivity (Wildman–Crippen MR) is 88.4 cm³/mol. The van der Waals surface area contributed by atoms with Crippen molar-refractivity contribution in [2.24, 2.45) is 0 Å². The Kier molecular flexibility index (Phi) is 5.95. The third-order valence-electron chi connectivity index (χ3n) is 3.53. The molecule has 128 valence electrons. The Hall–Kier alpha value is -2.37. The van der Waals surface area contributed by atoms with E-state index in [1.807, 2.05) is 25.8 Å². The van der Waals surface area contributed by atoms with Crippen LogP contribution >= 0.6 is 8.25 Å². The molecule has 1 aliphatic heterocycles. The Morgan fingerprint density at radius 1 is 1.33 bits per heavy atom. The van der Waals surface area contributed by atoms with Crippen LogP contribution in [0.3, 0.4) is 0 Å². The first-order valence-corrected chi connectivity index (χ1v) is 8.42. The van der Waals surface area contributed by atoms with Crippen molar-refractivity contribution in [2.75, 3.05) is 7.05 Å². The van der Waals surface area contributed by atoms with Gasteiger partial charge in [0.1, 0.15) is 11.6 Å². The van der Waals surface area contributed by atoms with Gasteiger partial charge in [0.2, 0.25) is 0 Å². The van der Waals surface area contributed by atoms with Crippen LogP contribution in [0.5, 0.6) is 0 Å². The molecule has 1 unspecified atom stereocenters. The zero-order valence-electron chi connectivity index (χ0n) is 13.6. The van der Waals surface area contributed by atoms with E-state index in [1.54, 1.807) is 18.3 Å². The van der Waals surface area contributed by atoms with Crippen LogP contribution in [0.15, 0.2) is 54.3 Å². The molecule has 0 aromatic heterocycles. The largest absolute Gasteiger partial charge is 0.558 e. The minimum absolute atomic E-state index is 0.209. The van der Waals surface area contributed by atoms with Crippen molar-refractivity contribution in [1.29, 1.82) is 0 Å². The molecule has 0 aliphatic carbocycles. The van der Waals surface area contributed by atoms with E-state index in [-0.39, 0.29) is 11.9 Å². The second kappa shape index (κ2) is 7.95. The molecular weight excluding hydrogens is 332 g/mol. The van der Waals surface area contributed by atoms with Crippen LogP contribution in [0.1, 0.15) is 19.4 Å². The van der Waals surface area contributed by atoms with E-state index >= 15 is 0 Å². The topological polar surface area (TPSA) is 76.7 Å². The minimum Gasteiger partial charge on any atom is -0.558 e. The van der Waals surface area contributed by atoms with Gasteiger partial charge in [-0.25, -0.2) is 4.39 Å². The summed E-state index contributed by atoms with van der Waals surface area (Å²) in [5.41, 5.74) is 2.24. The van der Waals surface area contributed by atoms with Crippen LogP contribution in [-0.2, 0) is 9.09 Å². The van der Waals surface area contributed by atoms with Crippen molar-refractivity contribution < 1.29 is 18.4 Å². The van der Waals surface area contributed by atoms with Gasteiger partial charge in [-0.05, 0) is 42.7 Å². The first-order chi connectivity index (χ1) is 11.4. The van der Waals surface area contributed by atoms with Crippen molar-refractivity contribution in [3.63, 3.8) is 0 Å². The number of hydrogen-bond donors (Lipinski definition) is 2. The van der Waals surface area contributed by atoms with Gasteiger partial charge in [0.25, 0.3) is 0 Å². The van der Waals surface area contributed by atoms with Crippen LogP contribution in [0, 0.1) is 5.82 Å². The maximum Gasteiger partial charge on any atom is 0.538 e. The average molecular weight is 351 g/mol. The fourth-order valence-electron chi connectivity index (χ4n) is 2.06. The lowest BCUT2D eigenvalue weighted by atomic mass is 10.1. The summed E-state index contributed by atoms with van der Waals surface area (Å²) < 4.78 is 28.0. The Morgan fingerprint density at radius 3 is 2.58 bits per heavy atom. The molecule has 2 N–H and O–H groups in total. The molecule has 0 saturated carbocycles. The van der Waals surface area contributed by atoms with Crippen LogP contribution in [-0.4, -0.2) is 18.0 Å². The lowest BCUT2D eigenvalue weighted by Crippen LogP contribution is -2.38. The van der Waals surface area contributed by atoms with E-state index in [1.165, 1.54) is 18.2 Å². The van der Waals surface area contributed by atoms with Gasteiger partial charge in [0, 0.05) is 30.9 Å². The lowest BCUT2D eigenvalue weighted by molar-refractivity contribution is -0.181. The molecule has 1 aromatic carbocycles. The fraction of sp³-hybridized carbons (Fsp3) is 0.250. The first kappa shape index (κ1) is 18.0.